The van der Waals surface area contributed by atoms with Crippen molar-refractivity contribution in [3.8, 4) is 21.7 Å². The number of amides is 1. The van der Waals surface area contributed by atoms with Gasteiger partial charge in [-0.1, -0.05) is 31.2 Å². The van der Waals surface area contributed by atoms with Crippen molar-refractivity contribution in [3.05, 3.63) is 53.5 Å². The van der Waals surface area contributed by atoms with E-state index >= 15 is 0 Å². The normalized spacial score (nSPS) is 17.2. The Labute approximate surface area is 237 Å². The number of hydrogen-bond donors (Lipinski definition) is 1. The summed E-state index contributed by atoms with van der Waals surface area (Å²) in [4.78, 5) is 34.1. The summed E-state index contributed by atoms with van der Waals surface area (Å²) >= 11 is 1.33. The Balaban J connectivity index is 1.47. The van der Waals surface area contributed by atoms with Crippen LogP contribution in [0.4, 0.5) is 11.5 Å². The molecule has 3 heterocycles. The molecule has 40 heavy (non-hydrogen) atoms. The number of fused-ring (bicyclic) bond motifs is 1. The van der Waals surface area contributed by atoms with Crippen LogP contribution < -0.4 is 10.6 Å². The Morgan fingerprint density at radius 2 is 1.82 bits per heavy atom. The number of esters is 1. The van der Waals surface area contributed by atoms with Crippen molar-refractivity contribution in [3.63, 3.8) is 0 Å². The predicted octanol–water partition coefficient (Wildman–Crippen LogP) is 5.69. The maximum absolute atomic E-state index is 13.8. The van der Waals surface area contributed by atoms with Crippen LogP contribution >= 0.6 is 11.3 Å². The summed E-state index contributed by atoms with van der Waals surface area (Å²) in [5.41, 5.74) is 9.88. The van der Waals surface area contributed by atoms with Crippen molar-refractivity contribution in [2.45, 2.75) is 39.5 Å². The molecule has 0 saturated heterocycles. The van der Waals surface area contributed by atoms with Crippen LogP contribution in [0.5, 0.6) is 0 Å². The first-order valence-electron chi connectivity index (χ1n) is 13.7. The van der Waals surface area contributed by atoms with E-state index in [0.29, 0.717) is 47.7 Å². The van der Waals surface area contributed by atoms with Gasteiger partial charge in [-0.15, -0.1) is 11.3 Å². The van der Waals surface area contributed by atoms with Crippen molar-refractivity contribution in [1.82, 2.24) is 14.6 Å². The minimum atomic E-state index is -0.455. The van der Waals surface area contributed by atoms with E-state index < -0.39 is 5.97 Å². The molecule has 0 aliphatic heterocycles. The Kier molecular flexibility index (Phi) is 8.46. The zero-order chi connectivity index (χ0) is 28.2. The topological polar surface area (TPSA) is 112 Å². The SMILES string of the molecule is CCOCCN(c1cc(-c2ccc(-c3cc4nccc(N)n4n3)cc2)sc1C(=O)OC)C(=O)[C@H]1CC[C@H](C)CC1. The lowest BCUT2D eigenvalue weighted by atomic mass is 9.82. The molecule has 0 unspecified atom stereocenters. The van der Waals surface area contributed by atoms with E-state index in [1.54, 1.807) is 21.7 Å². The number of thiophene rings is 1. The van der Waals surface area contributed by atoms with E-state index in [9.17, 15) is 9.59 Å². The summed E-state index contributed by atoms with van der Waals surface area (Å²) in [6.45, 7) is 5.50. The summed E-state index contributed by atoms with van der Waals surface area (Å²) in [6.07, 6.45) is 5.46. The van der Waals surface area contributed by atoms with Crippen LogP contribution in [0.1, 0.15) is 49.2 Å². The second kappa shape index (κ2) is 12.2. The fourth-order valence-electron chi connectivity index (χ4n) is 5.20. The highest BCUT2D eigenvalue weighted by atomic mass is 32.1. The zero-order valence-corrected chi connectivity index (χ0v) is 23.9. The Bertz CT molecular complexity index is 1490. The second-order valence-electron chi connectivity index (χ2n) is 10.2. The number of nitrogens with two attached hydrogens (primary N) is 1. The molecule has 1 aromatic carbocycles. The highest BCUT2D eigenvalue weighted by molar-refractivity contribution is 7.18. The van der Waals surface area contributed by atoms with E-state index in [2.05, 4.69) is 17.0 Å². The fraction of sp³-hybridized carbons (Fsp3) is 0.400. The van der Waals surface area contributed by atoms with Gasteiger partial charge >= 0.3 is 5.97 Å². The third kappa shape index (κ3) is 5.73. The molecule has 3 aromatic heterocycles. The van der Waals surface area contributed by atoms with Gasteiger partial charge in [-0.25, -0.2) is 9.78 Å². The van der Waals surface area contributed by atoms with Crippen molar-refractivity contribution < 1.29 is 19.1 Å². The molecular formula is C30H35N5O4S. The molecule has 1 saturated carbocycles. The highest BCUT2D eigenvalue weighted by Crippen LogP contribution is 2.40. The number of nitrogens with zero attached hydrogens (tertiary/aromatic N) is 4. The third-order valence-corrected chi connectivity index (χ3v) is 8.67. The first kappa shape index (κ1) is 27.8. The Morgan fingerprint density at radius 1 is 1.10 bits per heavy atom. The number of nitrogen functional groups attached to an aromatic ring is 1. The lowest BCUT2D eigenvalue weighted by molar-refractivity contribution is -0.123. The molecule has 10 heteroatoms. The molecule has 0 spiro atoms. The van der Waals surface area contributed by atoms with Gasteiger partial charge in [0.2, 0.25) is 5.91 Å². The molecule has 0 radical (unpaired) electrons. The van der Waals surface area contributed by atoms with E-state index in [1.807, 2.05) is 43.3 Å². The molecule has 0 bridgehead atoms. The van der Waals surface area contributed by atoms with E-state index in [0.717, 1.165) is 47.4 Å². The van der Waals surface area contributed by atoms with E-state index in [1.165, 1.54) is 18.4 Å². The van der Waals surface area contributed by atoms with Gasteiger partial charge in [0.05, 0.1) is 25.1 Å². The molecule has 2 N–H and O–H groups in total. The quantitative estimate of drug-likeness (QED) is 0.206. The monoisotopic (exact) mass is 561 g/mol. The standard InChI is InChI=1S/C30H35N5O4S/c1-4-39-16-15-34(29(36)22-7-5-19(2)6-8-22)24-18-25(40-28(24)30(37)38-3)21-11-9-20(10-12-21)23-17-27-32-14-13-26(31)35(27)33-23/h9-14,17-19,22H,4-8,15-16,31H2,1-3H3/t19-,22-. The van der Waals surface area contributed by atoms with Gasteiger partial charge < -0.3 is 20.1 Å². The summed E-state index contributed by atoms with van der Waals surface area (Å²) in [7, 11) is 1.37. The largest absolute Gasteiger partial charge is 0.465 e. The first-order valence-corrected chi connectivity index (χ1v) is 14.5. The highest BCUT2D eigenvalue weighted by Gasteiger charge is 2.32. The molecule has 1 aliphatic carbocycles. The number of rotatable bonds is 9. The third-order valence-electron chi connectivity index (χ3n) is 7.52. The average molecular weight is 562 g/mol. The van der Waals surface area contributed by atoms with Crippen LogP contribution in [0.3, 0.4) is 0 Å². The lowest BCUT2D eigenvalue weighted by Gasteiger charge is -2.31. The van der Waals surface area contributed by atoms with Crippen LogP contribution in [-0.2, 0) is 14.3 Å². The number of anilines is 2. The molecule has 4 aromatic rings. The Morgan fingerprint density at radius 3 is 2.50 bits per heavy atom. The van der Waals surface area contributed by atoms with Gasteiger partial charge in [0.25, 0.3) is 0 Å². The maximum Gasteiger partial charge on any atom is 0.350 e. The maximum atomic E-state index is 13.8. The molecular weight excluding hydrogens is 526 g/mol. The summed E-state index contributed by atoms with van der Waals surface area (Å²) in [5.74, 6) is 0.692. The smallest absolute Gasteiger partial charge is 0.350 e. The number of aromatic nitrogens is 3. The van der Waals surface area contributed by atoms with Gasteiger partial charge in [0, 0.05) is 41.8 Å². The van der Waals surface area contributed by atoms with Gasteiger partial charge in [-0.05, 0) is 56.2 Å². The van der Waals surface area contributed by atoms with Crippen LogP contribution in [-0.4, -0.2) is 53.3 Å². The molecule has 0 atom stereocenters. The number of benzene rings is 1. The fourth-order valence-corrected chi connectivity index (χ4v) is 6.28. The predicted molar refractivity (Wildman–Crippen MR) is 157 cm³/mol. The number of ether oxygens (including phenoxy) is 2. The number of carbonyl (C=O) groups excluding carboxylic acids is 2. The minimum absolute atomic E-state index is 0.0520. The first-order chi connectivity index (χ1) is 19.4. The van der Waals surface area contributed by atoms with E-state index in [-0.39, 0.29) is 11.8 Å². The van der Waals surface area contributed by atoms with Crippen LogP contribution in [0, 0.1) is 11.8 Å². The van der Waals surface area contributed by atoms with Crippen LogP contribution in [0.2, 0.25) is 0 Å². The van der Waals surface area contributed by atoms with Gasteiger partial charge in [-0.2, -0.15) is 9.61 Å². The zero-order valence-electron chi connectivity index (χ0n) is 23.1. The number of hydrogen-bond acceptors (Lipinski definition) is 8. The van der Waals surface area contributed by atoms with Crippen molar-refractivity contribution in [2.75, 3.05) is 37.5 Å². The Hall–Kier alpha value is -3.76. The molecule has 1 aliphatic rings. The van der Waals surface area contributed by atoms with Crippen molar-refractivity contribution in [1.29, 1.82) is 0 Å². The molecule has 210 valence electrons. The lowest BCUT2D eigenvalue weighted by Crippen LogP contribution is -2.40. The van der Waals surface area contributed by atoms with Crippen molar-refractivity contribution in [2.24, 2.45) is 11.8 Å². The van der Waals surface area contributed by atoms with Gasteiger partial charge in [0.1, 0.15) is 10.7 Å². The number of methoxy groups -OCH3 is 1. The number of carbonyl (C=O) groups is 2. The summed E-state index contributed by atoms with van der Waals surface area (Å²) in [6, 6.07) is 13.5. The average Bonchev–Trinajstić information content (AvgIpc) is 3.61. The summed E-state index contributed by atoms with van der Waals surface area (Å²) < 4.78 is 12.4. The second-order valence-corrected chi connectivity index (χ2v) is 11.3. The summed E-state index contributed by atoms with van der Waals surface area (Å²) in [5, 5.41) is 4.58. The van der Waals surface area contributed by atoms with Gasteiger partial charge in [-0.3, -0.25) is 4.79 Å². The minimum Gasteiger partial charge on any atom is -0.465 e. The molecule has 5 rings (SSSR count). The molecule has 9 nitrogen and oxygen atoms in total. The van der Waals surface area contributed by atoms with Gasteiger partial charge in [0.15, 0.2) is 5.65 Å². The van der Waals surface area contributed by atoms with Crippen molar-refractivity contribution >= 4 is 40.4 Å². The van der Waals surface area contributed by atoms with Crippen LogP contribution in [0.25, 0.3) is 27.3 Å². The van der Waals surface area contributed by atoms with E-state index in [4.69, 9.17) is 15.2 Å². The molecule has 1 amide bonds. The van der Waals surface area contributed by atoms with Crippen LogP contribution in [0.15, 0.2) is 48.7 Å². The molecule has 1 fully saturated rings.